The van der Waals surface area contributed by atoms with Crippen LogP contribution >= 0.6 is 23.2 Å². The van der Waals surface area contributed by atoms with Gasteiger partial charge in [-0.05, 0) is 45.4 Å². The molecule has 0 saturated carbocycles. The zero-order valence-corrected chi connectivity index (χ0v) is 19.3. The largest absolute Gasteiger partial charge is 0.350 e. The van der Waals surface area contributed by atoms with Crippen LogP contribution in [-0.2, 0) is 22.6 Å². The highest BCUT2D eigenvalue weighted by Gasteiger charge is 2.30. The average Bonchev–Trinajstić information content (AvgIpc) is 2.65. The molecule has 0 aliphatic heterocycles. The topological polar surface area (TPSA) is 92.6 Å². The fraction of sp³-hybridized carbons (Fsp3) is 0.364. The van der Waals surface area contributed by atoms with Crippen molar-refractivity contribution in [3.05, 3.63) is 73.8 Å². The Balaban J connectivity index is 2.37. The van der Waals surface area contributed by atoms with E-state index >= 15 is 0 Å². The summed E-state index contributed by atoms with van der Waals surface area (Å²) in [5, 5.41) is 15.0. The third-order valence-electron chi connectivity index (χ3n) is 4.55. The fourth-order valence-corrected chi connectivity index (χ4v) is 3.46. The second-order valence-electron chi connectivity index (χ2n) is 8.24. The van der Waals surface area contributed by atoms with Gasteiger partial charge in [-0.2, -0.15) is 0 Å². The maximum Gasteiger partial charge on any atom is 0.273 e. The summed E-state index contributed by atoms with van der Waals surface area (Å²) in [7, 11) is 0. The van der Waals surface area contributed by atoms with Crippen LogP contribution < -0.4 is 5.32 Å². The minimum Gasteiger partial charge on any atom is -0.350 e. The molecule has 7 nitrogen and oxygen atoms in total. The molecule has 2 rings (SSSR count). The Labute approximate surface area is 191 Å². The van der Waals surface area contributed by atoms with Gasteiger partial charge in [0.2, 0.25) is 11.8 Å². The first-order chi connectivity index (χ1) is 14.4. The van der Waals surface area contributed by atoms with E-state index in [1.54, 1.807) is 31.2 Å². The van der Waals surface area contributed by atoms with Crippen molar-refractivity contribution in [2.75, 3.05) is 0 Å². The number of rotatable bonds is 7. The Hall–Kier alpha value is -2.64. The number of hydrogen-bond acceptors (Lipinski definition) is 4. The van der Waals surface area contributed by atoms with E-state index < -0.39 is 22.4 Å². The predicted octanol–water partition coefficient (Wildman–Crippen LogP) is 4.78. The number of benzene rings is 2. The lowest BCUT2D eigenvalue weighted by Crippen LogP contribution is -2.52. The molecule has 0 fully saturated rings. The van der Waals surface area contributed by atoms with E-state index in [0.717, 1.165) is 0 Å². The summed E-state index contributed by atoms with van der Waals surface area (Å²) in [5.41, 5.74) is 0.244. The van der Waals surface area contributed by atoms with Gasteiger partial charge in [-0.3, -0.25) is 19.7 Å². The number of carbonyl (C=O) groups is 2. The molecule has 0 saturated heterocycles. The number of carbonyl (C=O) groups excluding carboxylic acids is 2. The van der Waals surface area contributed by atoms with Crippen LogP contribution in [0.5, 0.6) is 0 Å². The summed E-state index contributed by atoms with van der Waals surface area (Å²) in [6, 6.07) is 10.1. The summed E-state index contributed by atoms with van der Waals surface area (Å²) in [5.74, 6) is -0.773. The molecule has 1 atom stereocenters. The second kappa shape index (κ2) is 10.1. The third-order valence-corrected chi connectivity index (χ3v) is 5.14. The number of nitro groups is 1. The number of amides is 2. The Kier molecular flexibility index (Phi) is 8.03. The monoisotopic (exact) mass is 465 g/mol. The van der Waals surface area contributed by atoms with E-state index in [4.69, 9.17) is 23.2 Å². The van der Waals surface area contributed by atoms with Gasteiger partial charge in [-0.1, -0.05) is 47.5 Å². The Morgan fingerprint density at radius 1 is 1.13 bits per heavy atom. The van der Waals surface area contributed by atoms with Crippen molar-refractivity contribution in [3.8, 4) is 0 Å². The van der Waals surface area contributed by atoms with Gasteiger partial charge in [0.1, 0.15) is 6.04 Å². The highest BCUT2D eigenvalue weighted by Crippen LogP contribution is 2.25. The second-order valence-corrected chi connectivity index (χ2v) is 9.08. The molecule has 2 aromatic carbocycles. The van der Waals surface area contributed by atoms with Crippen LogP contribution in [-0.4, -0.2) is 33.2 Å². The summed E-state index contributed by atoms with van der Waals surface area (Å²) in [6.45, 7) is 7.18. The number of nitrogens with one attached hydrogen (secondary N) is 1. The fourth-order valence-electron chi connectivity index (χ4n) is 2.99. The van der Waals surface area contributed by atoms with Crippen molar-refractivity contribution >= 4 is 40.7 Å². The molecule has 2 aromatic rings. The maximum absolute atomic E-state index is 13.2. The molecule has 0 aliphatic carbocycles. The molecule has 0 aliphatic rings. The van der Waals surface area contributed by atoms with E-state index in [9.17, 15) is 19.7 Å². The standard InChI is InChI=1S/C22H25Cl2N3O4/c1-14(21(29)25-22(2,3)4)26(13-16-9-10-17(23)12-18(16)24)20(28)11-15-7-5-6-8-19(15)27(30)31/h5-10,12,14H,11,13H2,1-4H3,(H,25,29)/t14-/m0/s1. The smallest absolute Gasteiger partial charge is 0.273 e. The lowest BCUT2D eigenvalue weighted by atomic mass is 10.1. The van der Waals surface area contributed by atoms with Gasteiger partial charge in [0.15, 0.2) is 0 Å². The molecule has 0 unspecified atom stereocenters. The molecule has 9 heteroatoms. The number of nitrogens with zero attached hydrogens (tertiary/aromatic N) is 2. The van der Waals surface area contributed by atoms with Gasteiger partial charge in [-0.15, -0.1) is 0 Å². The summed E-state index contributed by atoms with van der Waals surface area (Å²) >= 11 is 12.2. The minimum absolute atomic E-state index is 0.0498. The van der Waals surface area contributed by atoms with Crippen LogP contribution in [0.25, 0.3) is 0 Å². The zero-order valence-electron chi connectivity index (χ0n) is 17.8. The normalized spacial score (nSPS) is 12.2. The Morgan fingerprint density at radius 2 is 1.77 bits per heavy atom. The molecule has 0 radical (unpaired) electrons. The van der Waals surface area contributed by atoms with Gasteiger partial charge in [-0.25, -0.2) is 0 Å². The van der Waals surface area contributed by atoms with Crippen LogP contribution in [0, 0.1) is 10.1 Å². The lowest BCUT2D eigenvalue weighted by molar-refractivity contribution is -0.385. The van der Waals surface area contributed by atoms with Crippen molar-refractivity contribution < 1.29 is 14.5 Å². The van der Waals surface area contributed by atoms with Gasteiger partial charge in [0.05, 0.1) is 11.3 Å². The molecule has 0 spiro atoms. The average molecular weight is 466 g/mol. The number of nitro benzene ring substituents is 1. The molecule has 2 amide bonds. The highest BCUT2D eigenvalue weighted by atomic mass is 35.5. The SMILES string of the molecule is C[C@@H](C(=O)NC(C)(C)C)N(Cc1ccc(Cl)cc1Cl)C(=O)Cc1ccccc1[N+](=O)[O-]. The highest BCUT2D eigenvalue weighted by molar-refractivity contribution is 6.35. The summed E-state index contributed by atoms with van der Waals surface area (Å²) in [4.78, 5) is 38.2. The van der Waals surface area contributed by atoms with Crippen molar-refractivity contribution in [1.82, 2.24) is 10.2 Å². The lowest BCUT2D eigenvalue weighted by Gasteiger charge is -2.31. The van der Waals surface area contributed by atoms with Gasteiger partial charge in [0.25, 0.3) is 5.69 Å². The maximum atomic E-state index is 13.2. The van der Waals surface area contributed by atoms with Crippen molar-refractivity contribution in [2.45, 2.75) is 52.2 Å². The number of halogens is 2. The minimum atomic E-state index is -0.832. The van der Waals surface area contributed by atoms with Crippen molar-refractivity contribution in [2.24, 2.45) is 0 Å². The molecule has 166 valence electrons. The first-order valence-corrected chi connectivity index (χ1v) is 10.4. The zero-order chi connectivity index (χ0) is 23.3. The van der Waals surface area contributed by atoms with E-state index in [1.807, 2.05) is 20.8 Å². The predicted molar refractivity (Wildman–Crippen MR) is 121 cm³/mol. The number of hydrogen-bond donors (Lipinski definition) is 1. The Morgan fingerprint density at radius 3 is 2.35 bits per heavy atom. The molecule has 0 aromatic heterocycles. The van der Waals surface area contributed by atoms with E-state index in [2.05, 4.69) is 5.32 Å². The quantitative estimate of drug-likeness (QED) is 0.470. The van der Waals surface area contributed by atoms with Crippen LogP contribution in [0.15, 0.2) is 42.5 Å². The molecule has 31 heavy (non-hydrogen) atoms. The molecular weight excluding hydrogens is 441 g/mol. The summed E-state index contributed by atoms with van der Waals surface area (Å²) in [6.07, 6.45) is -0.227. The van der Waals surface area contributed by atoms with Gasteiger partial charge in [0, 0.05) is 33.8 Å². The van der Waals surface area contributed by atoms with Crippen molar-refractivity contribution in [1.29, 1.82) is 0 Å². The first kappa shape index (κ1) is 24.6. The van der Waals surface area contributed by atoms with E-state index in [0.29, 0.717) is 15.6 Å². The molecule has 0 heterocycles. The van der Waals surface area contributed by atoms with Crippen LogP contribution in [0.3, 0.4) is 0 Å². The van der Waals surface area contributed by atoms with E-state index in [1.165, 1.54) is 23.1 Å². The first-order valence-electron chi connectivity index (χ1n) is 9.67. The van der Waals surface area contributed by atoms with E-state index in [-0.39, 0.29) is 30.1 Å². The Bertz CT molecular complexity index is 989. The molecular formula is C22H25Cl2N3O4. The van der Waals surface area contributed by atoms with Crippen LogP contribution in [0.4, 0.5) is 5.69 Å². The van der Waals surface area contributed by atoms with Gasteiger partial charge < -0.3 is 10.2 Å². The van der Waals surface area contributed by atoms with Crippen LogP contribution in [0.2, 0.25) is 10.0 Å². The van der Waals surface area contributed by atoms with Crippen LogP contribution in [0.1, 0.15) is 38.8 Å². The molecule has 0 bridgehead atoms. The number of para-hydroxylation sites is 1. The third kappa shape index (κ3) is 6.94. The van der Waals surface area contributed by atoms with Crippen molar-refractivity contribution in [3.63, 3.8) is 0 Å². The summed E-state index contributed by atoms with van der Waals surface area (Å²) < 4.78 is 0. The molecule has 1 N–H and O–H groups in total. The van der Waals surface area contributed by atoms with Gasteiger partial charge >= 0.3 is 0 Å².